The summed E-state index contributed by atoms with van der Waals surface area (Å²) in [6, 6.07) is 6.98. The first-order valence-electron chi connectivity index (χ1n) is 6.93. The molecule has 0 saturated carbocycles. The molecule has 0 amide bonds. The zero-order valence-corrected chi connectivity index (χ0v) is 15.1. The smallest absolute Gasteiger partial charge is 0.0408 e. The molecule has 0 radical (unpaired) electrons. The molecule has 2 atom stereocenters. The van der Waals surface area contributed by atoms with E-state index in [0.29, 0.717) is 6.04 Å². The van der Waals surface area contributed by atoms with E-state index in [9.17, 15) is 0 Å². The van der Waals surface area contributed by atoms with Gasteiger partial charge >= 0.3 is 0 Å². The fraction of sp³-hybridized carbons (Fsp3) is 0.600. The number of nitrogens with one attached hydrogen (secondary N) is 2. The monoisotopic (exact) mass is 372 g/mol. The summed E-state index contributed by atoms with van der Waals surface area (Å²) < 4.78 is 0. The van der Waals surface area contributed by atoms with E-state index < -0.39 is 0 Å². The fourth-order valence-electron chi connectivity index (χ4n) is 3.57. The van der Waals surface area contributed by atoms with Gasteiger partial charge in [-0.05, 0) is 42.5 Å². The molecule has 1 aliphatic carbocycles. The van der Waals surface area contributed by atoms with Gasteiger partial charge in [0.25, 0.3) is 0 Å². The highest BCUT2D eigenvalue weighted by Crippen LogP contribution is 2.40. The molecule has 7 heteroatoms. The Kier molecular flexibility index (Phi) is 10.9. The van der Waals surface area contributed by atoms with E-state index in [1.807, 2.05) is 6.07 Å². The average Bonchev–Trinajstić information content (AvgIpc) is 2.40. The Balaban J connectivity index is 0. The predicted molar refractivity (Wildman–Crippen MR) is 98.1 cm³/mol. The number of hydrogen-bond donors (Lipinski definition) is 2. The van der Waals surface area contributed by atoms with Crippen molar-refractivity contribution in [2.45, 2.75) is 37.6 Å². The molecule has 130 valence electrons. The van der Waals surface area contributed by atoms with E-state index in [1.54, 1.807) is 0 Å². The second kappa shape index (κ2) is 9.93. The van der Waals surface area contributed by atoms with Crippen molar-refractivity contribution in [1.29, 1.82) is 0 Å². The van der Waals surface area contributed by atoms with Crippen LogP contribution in [0.5, 0.6) is 0 Å². The van der Waals surface area contributed by atoms with Gasteiger partial charge in [0.05, 0.1) is 0 Å². The number of piperazine rings is 1. The Morgan fingerprint density at radius 2 is 1.91 bits per heavy atom. The molecule has 0 aromatic heterocycles. The highest BCUT2D eigenvalue weighted by Gasteiger charge is 2.39. The average molecular weight is 374 g/mol. The molecule has 6 N–H and O–H groups in total. The second-order valence-corrected chi connectivity index (χ2v) is 6.22. The van der Waals surface area contributed by atoms with Crippen molar-refractivity contribution in [3.8, 4) is 0 Å². The van der Waals surface area contributed by atoms with E-state index >= 15 is 0 Å². The van der Waals surface area contributed by atoms with Crippen LogP contribution in [0.3, 0.4) is 0 Å². The molecule has 0 spiro atoms. The van der Waals surface area contributed by atoms with E-state index in [2.05, 4.69) is 29.7 Å². The summed E-state index contributed by atoms with van der Waals surface area (Å²) >= 11 is 6.13. The first kappa shape index (κ1) is 24.2. The summed E-state index contributed by atoms with van der Waals surface area (Å²) in [5.41, 5.74) is 3.19. The third-order valence-electron chi connectivity index (χ3n) is 4.63. The maximum absolute atomic E-state index is 6.13. The van der Waals surface area contributed by atoms with Gasteiger partial charge in [0.15, 0.2) is 0 Å². The Morgan fingerprint density at radius 1 is 1.18 bits per heavy atom. The van der Waals surface area contributed by atoms with Crippen LogP contribution in [-0.4, -0.2) is 36.6 Å². The van der Waals surface area contributed by atoms with Crippen molar-refractivity contribution in [2.75, 3.05) is 19.6 Å². The van der Waals surface area contributed by atoms with Gasteiger partial charge in [-0.3, -0.25) is 0 Å². The van der Waals surface area contributed by atoms with Gasteiger partial charge in [0, 0.05) is 36.1 Å². The van der Waals surface area contributed by atoms with Crippen LogP contribution in [-0.2, 0) is 11.8 Å². The van der Waals surface area contributed by atoms with Crippen molar-refractivity contribution in [2.24, 2.45) is 0 Å². The molecule has 1 fully saturated rings. The maximum atomic E-state index is 6.13. The Hall–Kier alpha value is -0.0700. The van der Waals surface area contributed by atoms with Crippen molar-refractivity contribution in [3.63, 3.8) is 0 Å². The largest absolute Gasteiger partial charge is 0.412 e. The molecule has 1 aromatic rings. The van der Waals surface area contributed by atoms with Gasteiger partial charge in [-0.1, -0.05) is 24.6 Å². The number of aryl methyl sites for hydroxylation is 1. The zero-order chi connectivity index (χ0) is 12.6. The molecule has 22 heavy (non-hydrogen) atoms. The van der Waals surface area contributed by atoms with Crippen LogP contribution in [0.2, 0.25) is 5.02 Å². The standard InChI is InChI=1S/C15H21ClN2.2ClH.2H2O/c1-15(14-10-17-7-8-18-14)6-2-3-11-9-12(16)4-5-13(11)15;;;;/h4-5,9,14,17-18H,2-3,6-8,10H2,1H3;2*1H;2*1H2. The van der Waals surface area contributed by atoms with Crippen LogP contribution in [0.25, 0.3) is 0 Å². The molecule has 3 rings (SSSR count). The maximum Gasteiger partial charge on any atom is 0.0408 e. The van der Waals surface area contributed by atoms with Crippen LogP contribution >= 0.6 is 36.4 Å². The Labute approximate surface area is 149 Å². The fourth-order valence-corrected chi connectivity index (χ4v) is 3.77. The molecule has 0 bridgehead atoms. The molecule has 2 aliphatic rings. The van der Waals surface area contributed by atoms with E-state index in [-0.39, 0.29) is 41.2 Å². The first-order valence-corrected chi connectivity index (χ1v) is 7.31. The molecule has 1 aromatic carbocycles. The number of fused-ring (bicyclic) bond motifs is 1. The summed E-state index contributed by atoms with van der Waals surface area (Å²) in [5.74, 6) is 0. The quantitative estimate of drug-likeness (QED) is 0.784. The van der Waals surface area contributed by atoms with Crippen molar-refractivity contribution in [3.05, 3.63) is 34.3 Å². The van der Waals surface area contributed by atoms with Gasteiger partial charge in [-0.15, -0.1) is 24.8 Å². The lowest BCUT2D eigenvalue weighted by Gasteiger charge is -2.44. The second-order valence-electron chi connectivity index (χ2n) is 5.78. The number of benzene rings is 1. The lowest BCUT2D eigenvalue weighted by Crippen LogP contribution is -2.58. The van der Waals surface area contributed by atoms with Crippen molar-refractivity contribution < 1.29 is 11.0 Å². The summed E-state index contributed by atoms with van der Waals surface area (Å²) in [6.45, 7) is 5.63. The van der Waals surface area contributed by atoms with Gasteiger partial charge in [0.1, 0.15) is 0 Å². The number of hydrogen-bond acceptors (Lipinski definition) is 2. The summed E-state index contributed by atoms with van der Waals surface area (Å²) in [5, 5.41) is 8.07. The van der Waals surface area contributed by atoms with Crippen LogP contribution in [0.15, 0.2) is 18.2 Å². The SMILES string of the molecule is CC1(C2CNCCN2)CCCc2cc(Cl)ccc21.Cl.Cl.O.O. The molecule has 1 saturated heterocycles. The van der Waals surface area contributed by atoms with Crippen LogP contribution in [0.1, 0.15) is 30.9 Å². The van der Waals surface area contributed by atoms with E-state index in [1.165, 1.54) is 30.4 Å². The van der Waals surface area contributed by atoms with Gasteiger partial charge in [-0.2, -0.15) is 0 Å². The molecule has 1 aliphatic heterocycles. The van der Waals surface area contributed by atoms with Crippen molar-refractivity contribution >= 4 is 36.4 Å². The summed E-state index contributed by atoms with van der Waals surface area (Å²) in [7, 11) is 0. The molecular formula is C15H27Cl3N2O2. The minimum absolute atomic E-state index is 0. The minimum atomic E-state index is 0. The normalized spacial score (nSPS) is 26.2. The summed E-state index contributed by atoms with van der Waals surface area (Å²) in [6.07, 6.45) is 3.70. The molecule has 2 unspecified atom stereocenters. The predicted octanol–water partition coefficient (Wildman–Crippen LogP) is 1.69. The molecule has 1 heterocycles. The highest BCUT2D eigenvalue weighted by molar-refractivity contribution is 6.30. The van der Waals surface area contributed by atoms with E-state index in [0.717, 1.165) is 24.7 Å². The third kappa shape index (κ3) is 4.48. The van der Waals surface area contributed by atoms with E-state index in [4.69, 9.17) is 11.6 Å². The van der Waals surface area contributed by atoms with Gasteiger partial charge in [-0.25, -0.2) is 0 Å². The number of halogens is 3. The Morgan fingerprint density at radius 3 is 2.55 bits per heavy atom. The lowest BCUT2D eigenvalue weighted by atomic mass is 9.66. The molecule has 4 nitrogen and oxygen atoms in total. The summed E-state index contributed by atoms with van der Waals surface area (Å²) in [4.78, 5) is 0. The minimum Gasteiger partial charge on any atom is -0.412 e. The van der Waals surface area contributed by atoms with Gasteiger partial charge in [0.2, 0.25) is 0 Å². The van der Waals surface area contributed by atoms with Gasteiger partial charge < -0.3 is 21.6 Å². The topological polar surface area (TPSA) is 87.1 Å². The zero-order valence-electron chi connectivity index (χ0n) is 12.7. The highest BCUT2D eigenvalue weighted by atomic mass is 35.5. The van der Waals surface area contributed by atoms with Crippen LogP contribution in [0.4, 0.5) is 0 Å². The first-order chi connectivity index (χ1) is 8.70. The third-order valence-corrected chi connectivity index (χ3v) is 4.87. The lowest BCUT2D eigenvalue weighted by molar-refractivity contribution is 0.248. The van der Waals surface area contributed by atoms with Crippen LogP contribution in [0, 0.1) is 0 Å². The van der Waals surface area contributed by atoms with Crippen LogP contribution < -0.4 is 10.6 Å². The molecular weight excluding hydrogens is 347 g/mol. The number of rotatable bonds is 1. The van der Waals surface area contributed by atoms with Crippen molar-refractivity contribution in [1.82, 2.24) is 10.6 Å². The Bertz CT molecular complexity index is 456.